The molecule has 0 aliphatic heterocycles. The molecule has 104 valence electrons. The number of aryl methyl sites for hydroxylation is 1. The topological polar surface area (TPSA) is 46.5 Å². The Morgan fingerprint density at radius 3 is 2.10 bits per heavy atom. The van der Waals surface area contributed by atoms with Gasteiger partial charge in [0, 0.05) is 4.47 Å². The monoisotopic (exact) mass is 351 g/mol. The van der Waals surface area contributed by atoms with Crippen LogP contribution in [0.25, 0.3) is 0 Å². The van der Waals surface area contributed by atoms with Crippen molar-refractivity contribution >= 4 is 31.7 Å². The van der Waals surface area contributed by atoms with E-state index in [4.69, 9.17) is 0 Å². The number of hydrogen-bond donors (Lipinski definition) is 0. The Morgan fingerprint density at radius 1 is 1.00 bits per heavy atom. The molecule has 3 nitrogen and oxygen atoms in total. The van der Waals surface area contributed by atoms with Gasteiger partial charge in [0.05, 0.1) is 10.6 Å². The minimum absolute atomic E-state index is 0.208. The van der Waals surface area contributed by atoms with Crippen LogP contribution in [0.2, 0.25) is 0 Å². The highest BCUT2D eigenvalue weighted by Crippen LogP contribution is 2.16. The van der Waals surface area contributed by atoms with Gasteiger partial charge in [-0.25, -0.2) is 0 Å². The lowest BCUT2D eigenvalue weighted by atomic mass is 10.1. The largest absolute Gasteiger partial charge is 0.282 e. The Balaban J connectivity index is 2.37. The van der Waals surface area contributed by atoms with Crippen LogP contribution in [0.3, 0.4) is 0 Å². The molecule has 2 aromatic rings. The molecule has 2 aromatic carbocycles. The lowest BCUT2D eigenvalue weighted by molar-refractivity contribution is 0.598. The highest BCUT2D eigenvalue weighted by atomic mass is 79.9. The van der Waals surface area contributed by atoms with Gasteiger partial charge in [0.15, 0.2) is 0 Å². The van der Waals surface area contributed by atoms with E-state index in [1.807, 2.05) is 31.2 Å². The summed E-state index contributed by atoms with van der Waals surface area (Å²) in [4.78, 5) is 0.208. The van der Waals surface area contributed by atoms with Gasteiger partial charge in [-0.2, -0.15) is 12.8 Å². The summed E-state index contributed by atoms with van der Waals surface area (Å²) in [6.45, 7) is 3.60. The Labute approximate surface area is 127 Å². The summed E-state index contributed by atoms with van der Waals surface area (Å²) in [5.41, 5.74) is 2.26. The van der Waals surface area contributed by atoms with Crippen LogP contribution in [0.4, 0.5) is 0 Å². The van der Waals surface area contributed by atoms with E-state index < -0.39 is 10.0 Å². The molecule has 0 aromatic heterocycles. The Hall–Kier alpha value is -1.46. The number of nitrogens with zero attached hydrogens (tertiary/aromatic N) is 1. The normalized spacial score (nSPS) is 12.4. The van der Waals surface area contributed by atoms with Crippen molar-refractivity contribution in [2.24, 2.45) is 4.40 Å². The van der Waals surface area contributed by atoms with Crippen molar-refractivity contribution in [1.29, 1.82) is 0 Å². The first kappa shape index (κ1) is 14.9. The molecule has 0 unspecified atom stereocenters. The summed E-state index contributed by atoms with van der Waals surface area (Å²) in [5.74, 6) is 0. The van der Waals surface area contributed by atoms with Gasteiger partial charge in [-0.15, -0.1) is 0 Å². The first-order valence-electron chi connectivity index (χ1n) is 6.03. The van der Waals surface area contributed by atoms with Gasteiger partial charge < -0.3 is 0 Å². The molecular weight excluding hydrogens is 338 g/mol. The molecule has 0 bridgehead atoms. The van der Waals surface area contributed by atoms with E-state index >= 15 is 0 Å². The third-order valence-corrected chi connectivity index (χ3v) is 4.75. The summed E-state index contributed by atoms with van der Waals surface area (Å²) >= 11 is 3.34. The van der Waals surface area contributed by atoms with Crippen molar-refractivity contribution in [3.8, 4) is 0 Å². The number of halogens is 1. The molecule has 0 heterocycles. The SMILES string of the molecule is C/C(=N\S(=O)(=O)c1ccc(C)cc1)c1ccc(Br)cc1. The highest BCUT2D eigenvalue weighted by molar-refractivity contribution is 9.10. The zero-order valence-corrected chi connectivity index (χ0v) is 13.6. The van der Waals surface area contributed by atoms with Gasteiger partial charge >= 0.3 is 0 Å². The minimum atomic E-state index is -3.66. The van der Waals surface area contributed by atoms with Crippen LogP contribution in [-0.2, 0) is 10.0 Å². The number of sulfonamides is 1. The van der Waals surface area contributed by atoms with Gasteiger partial charge in [0.1, 0.15) is 0 Å². The molecule has 0 atom stereocenters. The first-order chi connectivity index (χ1) is 9.38. The molecule has 20 heavy (non-hydrogen) atoms. The zero-order valence-electron chi connectivity index (χ0n) is 11.2. The lowest BCUT2D eigenvalue weighted by Gasteiger charge is -2.03. The summed E-state index contributed by atoms with van der Waals surface area (Å²) in [6, 6.07) is 14.0. The standard InChI is InChI=1S/C15H14BrNO2S/c1-11-3-9-15(10-4-11)20(18,19)17-12(2)13-5-7-14(16)8-6-13/h3-10H,1-2H3/b17-12+. The molecule has 0 fully saturated rings. The number of hydrogen-bond acceptors (Lipinski definition) is 2. The average Bonchev–Trinajstić information content (AvgIpc) is 2.39. The third kappa shape index (κ3) is 3.55. The quantitative estimate of drug-likeness (QED) is 0.785. The maximum atomic E-state index is 12.2. The van der Waals surface area contributed by atoms with E-state index in [0.717, 1.165) is 15.6 Å². The third-order valence-electron chi connectivity index (χ3n) is 2.84. The molecule has 0 amide bonds. The molecular formula is C15H14BrNO2S. The Bertz CT molecular complexity index is 732. The summed E-state index contributed by atoms with van der Waals surface area (Å²) in [6.07, 6.45) is 0. The maximum Gasteiger partial charge on any atom is 0.282 e. The summed E-state index contributed by atoms with van der Waals surface area (Å²) in [7, 11) is -3.66. The zero-order chi connectivity index (χ0) is 14.8. The van der Waals surface area contributed by atoms with Crippen LogP contribution in [-0.4, -0.2) is 14.1 Å². The summed E-state index contributed by atoms with van der Waals surface area (Å²) < 4.78 is 29.2. The van der Waals surface area contributed by atoms with E-state index in [1.165, 1.54) is 0 Å². The second-order valence-electron chi connectivity index (χ2n) is 4.47. The first-order valence-corrected chi connectivity index (χ1v) is 8.26. The molecule has 5 heteroatoms. The van der Waals surface area contributed by atoms with Crippen molar-refractivity contribution in [1.82, 2.24) is 0 Å². The Morgan fingerprint density at radius 2 is 1.55 bits per heavy atom. The smallest absolute Gasteiger partial charge is 0.199 e. The second-order valence-corrected chi connectivity index (χ2v) is 6.99. The van der Waals surface area contributed by atoms with Gasteiger partial charge in [-0.3, -0.25) is 0 Å². The molecule has 0 saturated carbocycles. The highest BCUT2D eigenvalue weighted by Gasteiger charge is 2.13. The predicted molar refractivity (Wildman–Crippen MR) is 84.7 cm³/mol. The summed E-state index contributed by atoms with van der Waals surface area (Å²) in [5, 5.41) is 0. The average molecular weight is 352 g/mol. The Kier molecular flexibility index (Phi) is 4.40. The fraction of sp³-hybridized carbons (Fsp3) is 0.133. The van der Waals surface area contributed by atoms with Crippen LogP contribution in [0.5, 0.6) is 0 Å². The van der Waals surface area contributed by atoms with Crippen LogP contribution in [0.1, 0.15) is 18.1 Å². The molecule has 0 spiro atoms. The van der Waals surface area contributed by atoms with Gasteiger partial charge in [0.25, 0.3) is 10.0 Å². The number of rotatable bonds is 3. The molecule has 0 N–H and O–H groups in total. The van der Waals surface area contributed by atoms with Crippen LogP contribution >= 0.6 is 15.9 Å². The van der Waals surface area contributed by atoms with Gasteiger partial charge in [0.2, 0.25) is 0 Å². The van der Waals surface area contributed by atoms with Gasteiger partial charge in [-0.1, -0.05) is 45.8 Å². The van der Waals surface area contributed by atoms with Crippen molar-refractivity contribution in [3.63, 3.8) is 0 Å². The number of benzene rings is 2. The van der Waals surface area contributed by atoms with E-state index in [1.54, 1.807) is 31.2 Å². The van der Waals surface area contributed by atoms with Crippen LogP contribution in [0.15, 0.2) is 62.3 Å². The maximum absolute atomic E-state index is 12.2. The molecule has 0 aliphatic carbocycles. The van der Waals surface area contributed by atoms with Crippen LogP contribution < -0.4 is 0 Å². The van der Waals surface area contributed by atoms with Crippen molar-refractivity contribution in [2.75, 3.05) is 0 Å². The molecule has 0 saturated heterocycles. The van der Waals surface area contributed by atoms with Crippen molar-refractivity contribution in [3.05, 3.63) is 64.1 Å². The molecule has 0 radical (unpaired) electrons. The van der Waals surface area contributed by atoms with Crippen LogP contribution in [0, 0.1) is 6.92 Å². The molecule has 0 aliphatic rings. The van der Waals surface area contributed by atoms with E-state index in [0.29, 0.717) is 5.71 Å². The second kappa shape index (κ2) is 5.89. The fourth-order valence-corrected chi connectivity index (χ4v) is 3.00. The van der Waals surface area contributed by atoms with Gasteiger partial charge in [-0.05, 0) is 43.7 Å². The predicted octanol–water partition coefficient (Wildman–Crippen LogP) is 3.96. The van der Waals surface area contributed by atoms with Crippen molar-refractivity contribution < 1.29 is 8.42 Å². The van der Waals surface area contributed by atoms with E-state index in [2.05, 4.69) is 20.3 Å². The van der Waals surface area contributed by atoms with E-state index in [9.17, 15) is 8.42 Å². The van der Waals surface area contributed by atoms with E-state index in [-0.39, 0.29) is 4.90 Å². The van der Waals surface area contributed by atoms with Crippen molar-refractivity contribution in [2.45, 2.75) is 18.7 Å². The fourth-order valence-electron chi connectivity index (χ4n) is 1.69. The minimum Gasteiger partial charge on any atom is -0.199 e. The molecule has 2 rings (SSSR count). The lowest BCUT2D eigenvalue weighted by Crippen LogP contribution is -2.03.